The van der Waals surface area contributed by atoms with E-state index in [1.807, 2.05) is 32.0 Å². The summed E-state index contributed by atoms with van der Waals surface area (Å²) in [5, 5.41) is 3.17. The molecule has 0 bridgehead atoms. The second kappa shape index (κ2) is 6.26. The number of hydrogen-bond acceptors (Lipinski definition) is 5. The lowest BCUT2D eigenvalue weighted by molar-refractivity contribution is 0.0527. The smallest absolute Gasteiger partial charge is 0.340 e. The van der Waals surface area contributed by atoms with E-state index in [1.165, 1.54) is 11.8 Å². The van der Waals surface area contributed by atoms with Gasteiger partial charge in [-0.05, 0) is 44.0 Å². The summed E-state index contributed by atoms with van der Waals surface area (Å²) in [4.78, 5) is 16.0. The van der Waals surface area contributed by atoms with Crippen molar-refractivity contribution in [2.45, 2.75) is 20.8 Å². The summed E-state index contributed by atoms with van der Waals surface area (Å²) in [5.41, 5.74) is 9.82. The summed E-state index contributed by atoms with van der Waals surface area (Å²) in [7, 11) is 0. The maximum atomic E-state index is 11.8. The molecule has 0 fully saturated rings. The largest absolute Gasteiger partial charge is 0.462 e. The maximum Gasteiger partial charge on any atom is 0.340 e. The third-order valence-corrected chi connectivity index (χ3v) is 3.34. The first-order valence-corrected chi connectivity index (χ1v) is 6.79. The molecule has 0 aliphatic heterocycles. The second-order valence-electron chi connectivity index (χ2n) is 4.71. The van der Waals surface area contributed by atoms with Gasteiger partial charge in [0.1, 0.15) is 0 Å². The fourth-order valence-corrected chi connectivity index (χ4v) is 1.97. The van der Waals surface area contributed by atoms with Crippen molar-refractivity contribution in [3.63, 3.8) is 0 Å². The molecular formula is C16H19N3O2. The van der Waals surface area contributed by atoms with Gasteiger partial charge in [0.05, 0.1) is 17.9 Å². The number of aryl methyl sites for hydroxylation is 1. The summed E-state index contributed by atoms with van der Waals surface area (Å²) in [6, 6.07) is 7.49. The zero-order valence-electron chi connectivity index (χ0n) is 12.4. The number of ether oxygens (including phenoxy) is 1. The highest BCUT2D eigenvalue weighted by Crippen LogP contribution is 2.27. The standard InChI is InChI=1S/C16H19N3O2/c1-4-21-16(20)12-8-9-18-15(14(12)17)19-13-7-5-6-10(2)11(13)3/h5-9H,4,17H2,1-3H3,(H,18,19). The lowest BCUT2D eigenvalue weighted by atomic mass is 10.1. The number of hydrogen-bond donors (Lipinski definition) is 2. The number of aromatic nitrogens is 1. The van der Waals surface area contributed by atoms with Gasteiger partial charge in [-0.15, -0.1) is 0 Å². The SMILES string of the molecule is CCOC(=O)c1ccnc(Nc2cccc(C)c2C)c1N. The van der Waals surface area contributed by atoms with Crippen molar-refractivity contribution in [1.29, 1.82) is 0 Å². The number of nitrogens with one attached hydrogen (secondary N) is 1. The minimum absolute atomic E-state index is 0.289. The number of carbonyl (C=O) groups is 1. The van der Waals surface area contributed by atoms with Crippen LogP contribution in [0.1, 0.15) is 28.4 Å². The Hall–Kier alpha value is -2.56. The van der Waals surface area contributed by atoms with Crippen molar-refractivity contribution < 1.29 is 9.53 Å². The zero-order chi connectivity index (χ0) is 15.4. The Labute approximate surface area is 124 Å². The molecule has 110 valence electrons. The summed E-state index contributed by atoms with van der Waals surface area (Å²) in [6.07, 6.45) is 1.54. The average molecular weight is 285 g/mol. The monoisotopic (exact) mass is 285 g/mol. The number of benzene rings is 1. The topological polar surface area (TPSA) is 77.2 Å². The van der Waals surface area contributed by atoms with Crippen LogP contribution in [0.3, 0.4) is 0 Å². The van der Waals surface area contributed by atoms with E-state index >= 15 is 0 Å². The number of nitrogen functional groups attached to an aromatic ring is 1. The molecule has 21 heavy (non-hydrogen) atoms. The van der Waals surface area contributed by atoms with E-state index < -0.39 is 5.97 Å². The molecule has 0 spiro atoms. The molecule has 3 N–H and O–H groups in total. The number of anilines is 3. The van der Waals surface area contributed by atoms with Gasteiger partial charge in [0, 0.05) is 11.9 Å². The first-order valence-electron chi connectivity index (χ1n) is 6.79. The van der Waals surface area contributed by atoms with Gasteiger partial charge in [-0.25, -0.2) is 9.78 Å². The second-order valence-corrected chi connectivity index (χ2v) is 4.71. The van der Waals surface area contributed by atoms with Gasteiger partial charge in [-0.1, -0.05) is 12.1 Å². The third kappa shape index (κ3) is 3.13. The van der Waals surface area contributed by atoms with Crippen molar-refractivity contribution in [3.05, 3.63) is 47.2 Å². The Bertz CT molecular complexity index is 669. The Morgan fingerprint density at radius 2 is 2.10 bits per heavy atom. The van der Waals surface area contributed by atoms with E-state index in [4.69, 9.17) is 10.5 Å². The maximum absolute atomic E-state index is 11.8. The van der Waals surface area contributed by atoms with Gasteiger partial charge in [0.15, 0.2) is 5.82 Å². The molecule has 0 saturated carbocycles. The van der Waals surface area contributed by atoms with Gasteiger partial charge in [0.2, 0.25) is 0 Å². The summed E-state index contributed by atoms with van der Waals surface area (Å²) >= 11 is 0. The Kier molecular flexibility index (Phi) is 4.42. The summed E-state index contributed by atoms with van der Waals surface area (Å²) in [6.45, 7) is 6.11. The van der Waals surface area contributed by atoms with Gasteiger partial charge < -0.3 is 15.8 Å². The van der Waals surface area contributed by atoms with Crippen molar-refractivity contribution >= 4 is 23.2 Å². The van der Waals surface area contributed by atoms with E-state index in [0.717, 1.165) is 11.3 Å². The van der Waals surface area contributed by atoms with Crippen LogP contribution >= 0.6 is 0 Å². The van der Waals surface area contributed by atoms with Crippen molar-refractivity contribution in [2.24, 2.45) is 0 Å². The average Bonchev–Trinajstić information content (AvgIpc) is 2.46. The molecule has 1 aromatic heterocycles. The molecule has 0 saturated heterocycles. The van der Waals surface area contributed by atoms with Crippen LogP contribution in [0.15, 0.2) is 30.5 Å². The molecule has 0 unspecified atom stereocenters. The van der Waals surface area contributed by atoms with Gasteiger partial charge in [-0.3, -0.25) is 0 Å². The van der Waals surface area contributed by atoms with Gasteiger partial charge in [-0.2, -0.15) is 0 Å². The highest BCUT2D eigenvalue weighted by atomic mass is 16.5. The van der Waals surface area contributed by atoms with E-state index in [9.17, 15) is 4.79 Å². The lowest BCUT2D eigenvalue weighted by Crippen LogP contribution is -2.10. The molecule has 2 aromatic rings. The van der Waals surface area contributed by atoms with E-state index in [2.05, 4.69) is 10.3 Å². The molecule has 0 aliphatic carbocycles. The number of nitrogens with two attached hydrogens (primary N) is 1. The van der Waals surface area contributed by atoms with Gasteiger partial charge >= 0.3 is 5.97 Å². The van der Waals surface area contributed by atoms with E-state index in [1.54, 1.807) is 13.0 Å². The first-order chi connectivity index (χ1) is 10.0. The lowest BCUT2D eigenvalue weighted by Gasteiger charge is -2.14. The molecular weight excluding hydrogens is 266 g/mol. The van der Waals surface area contributed by atoms with Crippen LogP contribution in [0.5, 0.6) is 0 Å². The van der Waals surface area contributed by atoms with Crippen LogP contribution in [0.2, 0.25) is 0 Å². The predicted molar refractivity (Wildman–Crippen MR) is 83.8 cm³/mol. The predicted octanol–water partition coefficient (Wildman–Crippen LogP) is 3.20. The molecule has 0 atom stereocenters. The van der Waals surface area contributed by atoms with Crippen LogP contribution in [-0.4, -0.2) is 17.6 Å². The number of rotatable bonds is 4. The molecule has 5 heteroatoms. The van der Waals surface area contributed by atoms with Crippen molar-refractivity contribution in [2.75, 3.05) is 17.7 Å². The zero-order valence-corrected chi connectivity index (χ0v) is 12.4. The minimum Gasteiger partial charge on any atom is -0.462 e. The van der Waals surface area contributed by atoms with Crippen LogP contribution in [0, 0.1) is 13.8 Å². The highest BCUT2D eigenvalue weighted by molar-refractivity contribution is 5.98. The summed E-state index contributed by atoms with van der Waals surface area (Å²) in [5.74, 6) is 0.00988. The molecule has 1 heterocycles. The Morgan fingerprint density at radius 1 is 1.33 bits per heavy atom. The van der Waals surface area contributed by atoms with Crippen LogP contribution in [-0.2, 0) is 4.74 Å². The Balaban J connectivity index is 2.35. The van der Waals surface area contributed by atoms with Crippen LogP contribution < -0.4 is 11.1 Å². The molecule has 0 amide bonds. The fraction of sp³-hybridized carbons (Fsp3) is 0.250. The number of esters is 1. The van der Waals surface area contributed by atoms with Crippen LogP contribution in [0.25, 0.3) is 0 Å². The van der Waals surface area contributed by atoms with Gasteiger partial charge in [0.25, 0.3) is 0 Å². The molecule has 5 nitrogen and oxygen atoms in total. The number of carbonyl (C=O) groups excluding carboxylic acids is 1. The van der Waals surface area contributed by atoms with Crippen molar-refractivity contribution in [1.82, 2.24) is 4.98 Å². The highest BCUT2D eigenvalue weighted by Gasteiger charge is 2.15. The van der Waals surface area contributed by atoms with Crippen molar-refractivity contribution in [3.8, 4) is 0 Å². The van der Waals surface area contributed by atoms with E-state index in [0.29, 0.717) is 18.0 Å². The van der Waals surface area contributed by atoms with E-state index in [-0.39, 0.29) is 5.69 Å². The molecule has 1 aromatic carbocycles. The Morgan fingerprint density at radius 3 is 2.81 bits per heavy atom. The minimum atomic E-state index is -0.443. The number of nitrogens with zero attached hydrogens (tertiary/aromatic N) is 1. The molecule has 0 radical (unpaired) electrons. The number of pyridine rings is 1. The quantitative estimate of drug-likeness (QED) is 0.843. The molecule has 0 aliphatic rings. The molecule has 2 rings (SSSR count). The normalized spacial score (nSPS) is 10.2. The fourth-order valence-electron chi connectivity index (χ4n) is 1.97. The first kappa shape index (κ1) is 14.8. The van der Waals surface area contributed by atoms with Crippen LogP contribution in [0.4, 0.5) is 17.2 Å². The summed E-state index contributed by atoms with van der Waals surface area (Å²) < 4.78 is 4.98. The third-order valence-electron chi connectivity index (χ3n) is 3.34.